The van der Waals surface area contributed by atoms with Gasteiger partial charge in [0.05, 0.1) is 17.0 Å². The fourth-order valence-corrected chi connectivity index (χ4v) is 3.04. The van der Waals surface area contributed by atoms with Crippen LogP contribution in [0.5, 0.6) is 0 Å². The Bertz CT molecular complexity index is 904. The van der Waals surface area contributed by atoms with Crippen LogP contribution >= 0.6 is 11.3 Å². The number of carbonyl (C=O) groups is 2. The third kappa shape index (κ3) is 5.50. The first-order valence-electron chi connectivity index (χ1n) is 9.09. The van der Waals surface area contributed by atoms with Gasteiger partial charge in [0.1, 0.15) is 0 Å². The molecule has 0 saturated carbocycles. The van der Waals surface area contributed by atoms with Crippen LogP contribution in [0.1, 0.15) is 42.4 Å². The van der Waals surface area contributed by atoms with Gasteiger partial charge < -0.3 is 14.6 Å². The number of nitrogens with zero attached hydrogens (tertiary/aromatic N) is 2. The lowest BCUT2D eigenvalue weighted by molar-refractivity contribution is -0.116. The minimum atomic E-state index is -0.357. The van der Waals surface area contributed by atoms with E-state index < -0.39 is 0 Å². The number of benzene rings is 1. The normalized spacial score (nSPS) is 10.6. The molecule has 0 bridgehead atoms. The fourth-order valence-electron chi connectivity index (χ4n) is 2.39. The van der Waals surface area contributed by atoms with Gasteiger partial charge in [-0.3, -0.25) is 4.79 Å². The first-order chi connectivity index (χ1) is 13.7. The zero-order chi connectivity index (χ0) is 19.8. The Kier molecular flexibility index (Phi) is 6.91. The maximum absolute atomic E-state index is 12.1. The third-order valence-corrected chi connectivity index (χ3v) is 4.78. The van der Waals surface area contributed by atoms with Gasteiger partial charge in [0, 0.05) is 18.5 Å². The molecule has 2 heterocycles. The molecule has 2 aromatic heterocycles. The SMILES string of the molecule is CCCCOC(=O)c1ccc(NC(=O)CCc2nc(-c3cccs3)no2)cc1. The molecule has 0 saturated heterocycles. The van der Waals surface area contributed by atoms with Gasteiger partial charge in [-0.1, -0.05) is 24.6 Å². The van der Waals surface area contributed by atoms with Crippen LogP contribution in [-0.4, -0.2) is 28.6 Å². The molecule has 0 fully saturated rings. The molecule has 146 valence electrons. The minimum absolute atomic E-state index is 0.172. The number of aryl methyl sites for hydroxylation is 1. The summed E-state index contributed by atoms with van der Waals surface area (Å²) < 4.78 is 10.3. The Morgan fingerprint density at radius 1 is 1.21 bits per heavy atom. The minimum Gasteiger partial charge on any atom is -0.462 e. The van der Waals surface area contributed by atoms with Crippen LogP contribution in [-0.2, 0) is 16.0 Å². The van der Waals surface area contributed by atoms with E-state index >= 15 is 0 Å². The molecule has 0 aliphatic heterocycles. The van der Waals surface area contributed by atoms with E-state index in [0.717, 1.165) is 17.7 Å². The van der Waals surface area contributed by atoms with E-state index in [1.54, 1.807) is 24.3 Å². The van der Waals surface area contributed by atoms with Crippen molar-refractivity contribution in [3.8, 4) is 10.7 Å². The molecule has 0 radical (unpaired) electrons. The maximum Gasteiger partial charge on any atom is 0.338 e. The molecular formula is C20H21N3O4S. The van der Waals surface area contributed by atoms with Crippen molar-refractivity contribution in [2.45, 2.75) is 32.6 Å². The lowest BCUT2D eigenvalue weighted by Crippen LogP contribution is -2.13. The first kappa shape index (κ1) is 19.8. The van der Waals surface area contributed by atoms with Crippen molar-refractivity contribution in [1.82, 2.24) is 10.1 Å². The Labute approximate surface area is 166 Å². The van der Waals surface area contributed by atoms with E-state index in [4.69, 9.17) is 9.26 Å². The highest BCUT2D eigenvalue weighted by molar-refractivity contribution is 7.13. The van der Waals surface area contributed by atoms with E-state index in [2.05, 4.69) is 15.5 Å². The monoisotopic (exact) mass is 399 g/mol. The number of hydrogen-bond donors (Lipinski definition) is 1. The van der Waals surface area contributed by atoms with E-state index in [0.29, 0.717) is 36.0 Å². The Morgan fingerprint density at radius 3 is 2.75 bits per heavy atom. The average molecular weight is 399 g/mol. The largest absolute Gasteiger partial charge is 0.462 e. The van der Waals surface area contributed by atoms with E-state index in [1.807, 2.05) is 24.4 Å². The predicted octanol–water partition coefficient (Wildman–Crippen LogP) is 4.33. The van der Waals surface area contributed by atoms with Crippen molar-refractivity contribution < 1.29 is 18.8 Å². The average Bonchev–Trinajstić information content (AvgIpc) is 3.39. The van der Waals surface area contributed by atoms with Crippen molar-refractivity contribution in [2.24, 2.45) is 0 Å². The van der Waals surface area contributed by atoms with Gasteiger partial charge in [-0.15, -0.1) is 11.3 Å². The van der Waals surface area contributed by atoms with E-state index in [-0.39, 0.29) is 18.3 Å². The van der Waals surface area contributed by atoms with Gasteiger partial charge in [-0.05, 0) is 42.1 Å². The van der Waals surface area contributed by atoms with Crippen LogP contribution in [0.3, 0.4) is 0 Å². The summed E-state index contributed by atoms with van der Waals surface area (Å²) >= 11 is 1.53. The summed E-state index contributed by atoms with van der Waals surface area (Å²) in [5.74, 6) is 0.425. The maximum atomic E-state index is 12.1. The van der Waals surface area contributed by atoms with Gasteiger partial charge in [-0.2, -0.15) is 4.98 Å². The van der Waals surface area contributed by atoms with Crippen molar-refractivity contribution in [2.75, 3.05) is 11.9 Å². The zero-order valence-electron chi connectivity index (χ0n) is 15.5. The van der Waals surface area contributed by atoms with Crippen LogP contribution in [0.15, 0.2) is 46.3 Å². The summed E-state index contributed by atoms with van der Waals surface area (Å²) in [6.07, 6.45) is 2.38. The van der Waals surface area contributed by atoms with Crippen LogP contribution in [0.4, 0.5) is 5.69 Å². The van der Waals surface area contributed by atoms with Crippen molar-refractivity contribution >= 4 is 28.9 Å². The number of thiophene rings is 1. The number of nitrogens with one attached hydrogen (secondary N) is 1. The molecule has 3 rings (SSSR count). The summed E-state index contributed by atoms with van der Waals surface area (Å²) in [4.78, 5) is 29.2. The molecule has 8 heteroatoms. The van der Waals surface area contributed by atoms with Crippen molar-refractivity contribution in [3.63, 3.8) is 0 Å². The number of anilines is 1. The lowest BCUT2D eigenvalue weighted by Gasteiger charge is -2.06. The third-order valence-electron chi connectivity index (χ3n) is 3.91. The second-order valence-corrected chi connectivity index (χ2v) is 7.05. The number of rotatable bonds is 9. The second-order valence-electron chi connectivity index (χ2n) is 6.10. The quantitative estimate of drug-likeness (QED) is 0.425. The molecule has 1 aromatic carbocycles. The van der Waals surface area contributed by atoms with E-state index in [1.165, 1.54) is 11.3 Å². The molecule has 1 amide bonds. The fraction of sp³-hybridized carbons (Fsp3) is 0.300. The number of unbranched alkanes of at least 4 members (excludes halogenated alkanes) is 1. The highest BCUT2D eigenvalue weighted by Gasteiger charge is 2.12. The van der Waals surface area contributed by atoms with Gasteiger partial charge in [0.15, 0.2) is 0 Å². The van der Waals surface area contributed by atoms with E-state index in [9.17, 15) is 9.59 Å². The smallest absolute Gasteiger partial charge is 0.338 e. The molecular weight excluding hydrogens is 378 g/mol. The molecule has 0 atom stereocenters. The number of hydrogen-bond acceptors (Lipinski definition) is 7. The second kappa shape index (κ2) is 9.80. The van der Waals surface area contributed by atoms with Crippen molar-refractivity contribution in [3.05, 3.63) is 53.2 Å². The Hall–Kier alpha value is -3.00. The number of aromatic nitrogens is 2. The lowest BCUT2D eigenvalue weighted by atomic mass is 10.2. The van der Waals surface area contributed by atoms with Crippen LogP contribution in [0, 0.1) is 0 Å². The Morgan fingerprint density at radius 2 is 2.04 bits per heavy atom. The topological polar surface area (TPSA) is 94.3 Å². The molecule has 28 heavy (non-hydrogen) atoms. The summed E-state index contributed by atoms with van der Waals surface area (Å²) in [5, 5.41) is 8.65. The first-order valence-corrected chi connectivity index (χ1v) is 9.97. The summed E-state index contributed by atoms with van der Waals surface area (Å²) in [6.45, 7) is 2.45. The molecule has 0 spiro atoms. The highest BCUT2D eigenvalue weighted by atomic mass is 32.1. The molecule has 0 unspecified atom stereocenters. The Balaban J connectivity index is 1.46. The molecule has 3 aromatic rings. The van der Waals surface area contributed by atoms with Gasteiger partial charge >= 0.3 is 5.97 Å². The number of esters is 1. The van der Waals surface area contributed by atoms with Gasteiger partial charge in [0.25, 0.3) is 0 Å². The van der Waals surface area contributed by atoms with Gasteiger partial charge in [-0.25, -0.2) is 4.79 Å². The molecule has 0 aliphatic rings. The predicted molar refractivity (Wildman–Crippen MR) is 106 cm³/mol. The zero-order valence-corrected chi connectivity index (χ0v) is 16.3. The number of ether oxygens (including phenoxy) is 1. The van der Waals surface area contributed by atoms with Crippen LogP contribution < -0.4 is 5.32 Å². The summed E-state index contributed by atoms with van der Waals surface area (Å²) in [7, 11) is 0. The molecule has 0 aliphatic carbocycles. The summed E-state index contributed by atoms with van der Waals surface area (Å²) in [6, 6.07) is 10.4. The van der Waals surface area contributed by atoms with Crippen molar-refractivity contribution in [1.29, 1.82) is 0 Å². The molecule has 1 N–H and O–H groups in total. The van der Waals surface area contributed by atoms with Gasteiger partial charge in [0.2, 0.25) is 17.6 Å². The van der Waals surface area contributed by atoms with Crippen LogP contribution in [0.25, 0.3) is 10.7 Å². The molecule has 7 nitrogen and oxygen atoms in total. The number of carbonyl (C=O) groups excluding carboxylic acids is 2. The number of amides is 1. The highest BCUT2D eigenvalue weighted by Crippen LogP contribution is 2.21. The standard InChI is InChI=1S/C20H21N3O4S/c1-2-3-12-26-20(25)14-6-8-15(9-7-14)21-17(24)10-11-18-22-19(23-27-18)16-5-4-13-28-16/h4-9,13H,2-3,10-12H2,1H3,(H,21,24). The van der Waals surface area contributed by atoms with Crippen LogP contribution in [0.2, 0.25) is 0 Å². The summed E-state index contributed by atoms with van der Waals surface area (Å²) in [5.41, 5.74) is 1.07.